The summed E-state index contributed by atoms with van der Waals surface area (Å²) in [7, 11) is 1.51. The van der Waals surface area contributed by atoms with Crippen molar-refractivity contribution in [1.82, 2.24) is 9.88 Å². The number of hydrogen-bond donors (Lipinski definition) is 3. The Morgan fingerprint density at radius 3 is 2.69 bits per heavy atom. The van der Waals surface area contributed by atoms with Crippen molar-refractivity contribution in [2.45, 2.75) is 12.5 Å². The van der Waals surface area contributed by atoms with Crippen LogP contribution < -0.4 is 10.9 Å². The Morgan fingerprint density at radius 2 is 1.94 bits per heavy atom. The van der Waals surface area contributed by atoms with Crippen LogP contribution in [0.3, 0.4) is 0 Å². The standard InChI is InChI=1S/C26H23ClN4O5/c1-36-8-7-31-25(34)17-10-15-11-21(30-20(15)12-18(17)26(31)35)23-19(5-6-28-24(23)33)29-13-22(32)14-3-2-4-16(27)9-14/h2-6,9-10,12,22,32H,7-8,11,13H2,1H3,(H2,28,29,33)/t22-/m1/s1. The molecule has 2 aromatic carbocycles. The maximum Gasteiger partial charge on any atom is 0.261 e. The van der Waals surface area contributed by atoms with Crippen molar-refractivity contribution in [3.8, 4) is 0 Å². The first-order valence-corrected chi connectivity index (χ1v) is 11.7. The summed E-state index contributed by atoms with van der Waals surface area (Å²) in [6.45, 7) is 0.579. The lowest BCUT2D eigenvalue weighted by Gasteiger charge is -2.15. The first kappa shape index (κ1) is 23.9. The largest absolute Gasteiger partial charge is 0.387 e. The molecule has 0 bridgehead atoms. The summed E-state index contributed by atoms with van der Waals surface area (Å²) in [6, 6.07) is 11.9. The molecule has 0 fully saturated rings. The number of aliphatic hydroxyl groups excluding tert-OH is 1. The van der Waals surface area contributed by atoms with Gasteiger partial charge in [0.1, 0.15) is 0 Å². The molecule has 5 rings (SSSR count). The smallest absolute Gasteiger partial charge is 0.261 e. The molecule has 10 heteroatoms. The zero-order valence-electron chi connectivity index (χ0n) is 19.4. The summed E-state index contributed by atoms with van der Waals surface area (Å²) in [5.74, 6) is -0.744. The van der Waals surface area contributed by atoms with Gasteiger partial charge in [-0.2, -0.15) is 0 Å². The van der Waals surface area contributed by atoms with Gasteiger partial charge in [-0.1, -0.05) is 23.7 Å². The van der Waals surface area contributed by atoms with E-state index >= 15 is 0 Å². The van der Waals surface area contributed by atoms with Gasteiger partial charge in [-0.25, -0.2) is 0 Å². The Morgan fingerprint density at radius 1 is 1.17 bits per heavy atom. The predicted octanol–water partition coefficient (Wildman–Crippen LogP) is 3.09. The molecule has 3 N–H and O–H groups in total. The lowest BCUT2D eigenvalue weighted by atomic mass is 10.00. The fourth-order valence-corrected chi connectivity index (χ4v) is 4.66. The third-order valence-corrected chi connectivity index (χ3v) is 6.51. The number of pyridine rings is 1. The third-order valence-electron chi connectivity index (χ3n) is 6.27. The number of aliphatic imine (C=N–C) groups is 1. The highest BCUT2D eigenvalue weighted by Gasteiger charge is 2.37. The van der Waals surface area contributed by atoms with Crippen LogP contribution in [0.4, 0.5) is 11.4 Å². The second-order valence-electron chi connectivity index (χ2n) is 8.56. The molecule has 0 aliphatic carbocycles. The number of halogens is 1. The van der Waals surface area contributed by atoms with Crippen LogP contribution in [-0.2, 0) is 11.2 Å². The summed E-state index contributed by atoms with van der Waals surface area (Å²) < 4.78 is 5.00. The number of ether oxygens (including phenoxy) is 1. The number of carbonyl (C=O) groups is 2. The summed E-state index contributed by atoms with van der Waals surface area (Å²) in [5.41, 5.74) is 3.60. The quantitative estimate of drug-likeness (QED) is 0.403. The van der Waals surface area contributed by atoms with Crippen LogP contribution >= 0.6 is 11.6 Å². The summed E-state index contributed by atoms with van der Waals surface area (Å²) in [6.07, 6.45) is 0.990. The molecule has 0 radical (unpaired) electrons. The maximum absolute atomic E-state index is 12.8. The summed E-state index contributed by atoms with van der Waals surface area (Å²) in [4.78, 5) is 46.8. The normalized spacial score (nSPS) is 15.1. The number of amides is 2. The Kier molecular flexibility index (Phi) is 6.44. The van der Waals surface area contributed by atoms with Crippen molar-refractivity contribution >= 4 is 40.5 Å². The van der Waals surface area contributed by atoms with E-state index < -0.39 is 6.10 Å². The van der Waals surface area contributed by atoms with Crippen LogP contribution in [-0.4, -0.2) is 59.3 Å². The first-order chi connectivity index (χ1) is 17.4. The van der Waals surface area contributed by atoms with Gasteiger partial charge in [0.25, 0.3) is 17.4 Å². The van der Waals surface area contributed by atoms with E-state index in [1.54, 1.807) is 42.5 Å². The molecule has 0 unspecified atom stereocenters. The molecule has 2 aliphatic heterocycles. The number of aromatic amines is 1. The second kappa shape index (κ2) is 9.69. The van der Waals surface area contributed by atoms with E-state index in [0.717, 1.165) is 5.56 Å². The van der Waals surface area contributed by atoms with Crippen LogP contribution in [0.1, 0.15) is 43.5 Å². The van der Waals surface area contributed by atoms with E-state index in [0.29, 0.717) is 50.8 Å². The van der Waals surface area contributed by atoms with Gasteiger partial charge in [0.2, 0.25) is 0 Å². The fourth-order valence-electron chi connectivity index (χ4n) is 4.46. The molecule has 0 saturated carbocycles. The van der Waals surface area contributed by atoms with Gasteiger partial charge in [0, 0.05) is 31.3 Å². The lowest BCUT2D eigenvalue weighted by Crippen LogP contribution is -2.32. The molecular weight excluding hydrogens is 484 g/mol. The van der Waals surface area contributed by atoms with Gasteiger partial charge < -0.3 is 20.1 Å². The molecule has 3 heterocycles. The molecule has 3 aromatic rings. The first-order valence-electron chi connectivity index (χ1n) is 11.4. The molecule has 36 heavy (non-hydrogen) atoms. The number of aromatic nitrogens is 1. The SMILES string of the molecule is COCCN1C(=O)c2cc3c(cc2C1=O)N=C(c1c(NC[C@@H](O)c2cccc(Cl)c2)cc[nH]c1=O)C3. The van der Waals surface area contributed by atoms with E-state index in [9.17, 15) is 19.5 Å². The Hall–Kier alpha value is -3.79. The van der Waals surface area contributed by atoms with Crippen LogP contribution in [0.25, 0.3) is 0 Å². The minimum absolute atomic E-state index is 0.144. The zero-order valence-corrected chi connectivity index (χ0v) is 20.1. The Bertz CT molecular complexity index is 1460. The van der Waals surface area contributed by atoms with E-state index in [4.69, 9.17) is 16.3 Å². The molecule has 184 valence electrons. The number of hydrogen-bond acceptors (Lipinski definition) is 7. The number of benzene rings is 2. The Labute approximate surface area is 211 Å². The molecule has 2 aliphatic rings. The van der Waals surface area contributed by atoms with E-state index in [1.165, 1.54) is 18.2 Å². The van der Waals surface area contributed by atoms with Crippen molar-refractivity contribution in [2.75, 3.05) is 32.1 Å². The zero-order chi connectivity index (χ0) is 25.4. The van der Waals surface area contributed by atoms with Gasteiger partial charge in [-0.3, -0.25) is 24.3 Å². The monoisotopic (exact) mass is 506 g/mol. The molecule has 9 nitrogen and oxygen atoms in total. The second-order valence-corrected chi connectivity index (χ2v) is 9.00. The number of rotatable bonds is 8. The van der Waals surface area contributed by atoms with Crippen LogP contribution in [0, 0.1) is 0 Å². The number of imide groups is 1. The average molecular weight is 507 g/mol. The number of carbonyl (C=O) groups excluding carboxylic acids is 2. The topological polar surface area (TPSA) is 124 Å². The fraction of sp³-hybridized carbons (Fsp3) is 0.231. The van der Waals surface area contributed by atoms with E-state index in [1.807, 2.05) is 0 Å². The number of H-pyrrole nitrogens is 1. The van der Waals surface area contributed by atoms with E-state index in [2.05, 4.69) is 15.3 Å². The lowest BCUT2D eigenvalue weighted by molar-refractivity contribution is 0.0603. The molecule has 1 aromatic heterocycles. The maximum atomic E-state index is 12.8. The molecule has 0 saturated heterocycles. The van der Waals surface area contributed by atoms with Crippen molar-refractivity contribution in [3.63, 3.8) is 0 Å². The van der Waals surface area contributed by atoms with Crippen LogP contribution in [0.2, 0.25) is 5.02 Å². The van der Waals surface area contributed by atoms with Crippen LogP contribution in [0.15, 0.2) is 58.4 Å². The highest BCUT2D eigenvalue weighted by atomic mass is 35.5. The molecular formula is C26H23ClN4O5. The number of aliphatic hydroxyl groups is 1. The third kappa shape index (κ3) is 4.32. The number of fused-ring (bicyclic) bond motifs is 2. The van der Waals surface area contributed by atoms with Crippen LogP contribution in [0.5, 0.6) is 0 Å². The molecule has 0 spiro atoms. The summed E-state index contributed by atoms with van der Waals surface area (Å²) >= 11 is 6.02. The number of nitrogens with zero attached hydrogens (tertiary/aromatic N) is 2. The number of methoxy groups -OCH3 is 1. The van der Waals surface area contributed by atoms with E-state index in [-0.39, 0.29) is 37.1 Å². The van der Waals surface area contributed by atoms with Crippen molar-refractivity contribution in [1.29, 1.82) is 0 Å². The average Bonchev–Trinajstić information content (AvgIpc) is 3.38. The van der Waals surface area contributed by atoms with Gasteiger partial charge in [-0.05, 0) is 41.5 Å². The van der Waals surface area contributed by atoms with Gasteiger partial charge in [0.05, 0.1) is 53.0 Å². The van der Waals surface area contributed by atoms with Gasteiger partial charge in [0.15, 0.2) is 0 Å². The minimum Gasteiger partial charge on any atom is -0.387 e. The van der Waals surface area contributed by atoms with Crippen molar-refractivity contribution < 1.29 is 19.4 Å². The minimum atomic E-state index is -0.848. The number of nitrogens with one attached hydrogen (secondary N) is 2. The number of anilines is 1. The highest BCUT2D eigenvalue weighted by molar-refractivity contribution is 6.30. The van der Waals surface area contributed by atoms with Crippen molar-refractivity contribution in [2.24, 2.45) is 4.99 Å². The summed E-state index contributed by atoms with van der Waals surface area (Å²) in [5, 5.41) is 14.2. The predicted molar refractivity (Wildman–Crippen MR) is 136 cm³/mol. The van der Waals surface area contributed by atoms with Crippen molar-refractivity contribution in [3.05, 3.63) is 91.9 Å². The highest BCUT2D eigenvalue weighted by Crippen LogP contribution is 2.35. The molecule has 1 atom stereocenters. The molecule has 2 amide bonds. The van der Waals surface area contributed by atoms with Gasteiger partial charge in [-0.15, -0.1) is 0 Å². The Balaban J connectivity index is 1.40. The van der Waals surface area contributed by atoms with Gasteiger partial charge >= 0.3 is 0 Å².